The zero-order valence-corrected chi connectivity index (χ0v) is 22.9. The number of benzene rings is 1. The van der Waals surface area contributed by atoms with Gasteiger partial charge in [-0.2, -0.15) is 9.97 Å². The number of fused-ring (bicyclic) bond motifs is 4. The molecule has 3 saturated heterocycles. The maximum atomic E-state index is 16.5. The molecule has 2 aliphatic carbocycles. The van der Waals surface area contributed by atoms with Crippen molar-refractivity contribution in [3.63, 3.8) is 0 Å². The van der Waals surface area contributed by atoms with E-state index in [2.05, 4.69) is 28.9 Å². The summed E-state index contributed by atoms with van der Waals surface area (Å²) in [5, 5.41) is 0.698. The topological polar surface area (TPSA) is 54.4 Å². The van der Waals surface area contributed by atoms with Gasteiger partial charge in [-0.3, -0.25) is 9.88 Å². The molecule has 2 saturated carbocycles. The first-order chi connectivity index (χ1) is 19.1. The molecule has 5 aliphatic rings. The third kappa shape index (κ3) is 4.02. The molecule has 3 aliphatic heterocycles. The highest BCUT2D eigenvalue weighted by atomic mass is 19.1. The molecular formula is C32H38FN5O. The van der Waals surface area contributed by atoms with Crippen molar-refractivity contribution in [2.24, 2.45) is 17.8 Å². The van der Waals surface area contributed by atoms with Crippen molar-refractivity contribution in [3.05, 3.63) is 41.8 Å². The molecule has 39 heavy (non-hydrogen) atoms. The normalized spacial score (nSPS) is 29.2. The zero-order valence-electron chi connectivity index (χ0n) is 22.9. The van der Waals surface area contributed by atoms with Crippen molar-refractivity contribution in [2.45, 2.75) is 69.7 Å². The molecule has 0 amide bonds. The monoisotopic (exact) mass is 527 g/mol. The van der Waals surface area contributed by atoms with Crippen LogP contribution < -0.4 is 9.64 Å². The van der Waals surface area contributed by atoms with Crippen LogP contribution in [0.15, 0.2) is 30.5 Å². The lowest BCUT2D eigenvalue weighted by Gasteiger charge is -2.34. The second-order valence-electron chi connectivity index (χ2n) is 13.1. The van der Waals surface area contributed by atoms with Crippen molar-refractivity contribution in [1.29, 1.82) is 0 Å². The Morgan fingerprint density at radius 3 is 2.51 bits per heavy atom. The first kappa shape index (κ1) is 24.0. The summed E-state index contributed by atoms with van der Waals surface area (Å²) >= 11 is 0. The van der Waals surface area contributed by atoms with Gasteiger partial charge in [0.25, 0.3) is 0 Å². The van der Waals surface area contributed by atoms with Crippen molar-refractivity contribution >= 4 is 16.7 Å². The minimum Gasteiger partial charge on any atom is -0.461 e. The Morgan fingerprint density at radius 1 is 1.03 bits per heavy atom. The number of ether oxygens (including phenoxy) is 1. The molecule has 5 heterocycles. The fourth-order valence-corrected chi connectivity index (χ4v) is 8.35. The highest BCUT2D eigenvalue weighted by molar-refractivity contribution is 5.92. The van der Waals surface area contributed by atoms with Gasteiger partial charge in [0, 0.05) is 24.8 Å². The van der Waals surface area contributed by atoms with Gasteiger partial charge in [0.2, 0.25) is 0 Å². The number of pyridine rings is 1. The molecular weight excluding hydrogens is 489 g/mol. The number of anilines is 1. The summed E-state index contributed by atoms with van der Waals surface area (Å²) in [6.07, 6.45) is 11.5. The molecule has 2 unspecified atom stereocenters. The fourth-order valence-electron chi connectivity index (χ4n) is 8.35. The predicted molar refractivity (Wildman–Crippen MR) is 151 cm³/mol. The number of nitrogens with zero attached hydrogens (tertiary/aromatic N) is 5. The summed E-state index contributed by atoms with van der Waals surface area (Å²) in [5.74, 6) is 2.91. The van der Waals surface area contributed by atoms with E-state index in [1.165, 1.54) is 37.7 Å². The Morgan fingerprint density at radius 2 is 1.77 bits per heavy atom. The van der Waals surface area contributed by atoms with Crippen LogP contribution in [0, 0.1) is 23.6 Å². The summed E-state index contributed by atoms with van der Waals surface area (Å²) in [4.78, 5) is 19.4. The molecule has 2 bridgehead atoms. The van der Waals surface area contributed by atoms with E-state index in [0.29, 0.717) is 52.9 Å². The van der Waals surface area contributed by atoms with Crippen molar-refractivity contribution in [1.82, 2.24) is 19.9 Å². The second-order valence-corrected chi connectivity index (χ2v) is 13.1. The van der Waals surface area contributed by atoms with Crippen LogP contribution in [0.4, 0.5) is 10.2 Å². The fraction of sp³-hybridized carbons (Fsp3) is 0.594. The van der Waals surface area contributed by atoms with Gasteiger partial charge < -0.3 is 9.64 Å². The summed E-state index contributed by atoms with van der Waals surface area (Å²) in [6.45, 7) is 7.05. The van der Waals surface area contributed by atoms with Gasteiger partial charge >= 0.3 is 6.01 Å². The third-order valence-corrected chi connectivity index (χ3v) is 10.6. The number of halogens is 1. The van der Waals surface area contributed by atoms with Gasteiger partial charge in [-0.15, -0.1) is 0 Å². The lowest BCUT2D eigenvalue weighted by molar-refractivity contribution is 0.108. The van der Waals surface area contributed by atoms with E-state index in [4.69, 9.17) is 19.7 Å². The average molecular weight is 528 g/mol. The molecule has 7 heteroatoms. The van der Waals surface area contributed by atoms with Crippen LogP contribution in [-0.2, 0) is 0 Å². The van der Waals surface area contributed by atoms with E-state index in [-0.39, 0.29) is 11.4 Å². The van der Waals surface area contributed by atoms with Gasteiger partial charge in [0.1, 0.15) is 23.6 Å². The van der Waals surface area contributed by atoms with E-state index in [1.807, 2.05) is 18.3 Å². The molecule has 0 N–H and O–H groups in total. The average Bonchev–Trinajstić information content (AvgIpc) is 3.22. The van der Waals surface area contributed by atoms with Crippen LogP contribution in [0.1, 0.15) is 69.8 Å². The van der Waals surface area contributed by atoms with Gasteiger partial charge in [0.15, 0.2) is 5.82 Å². The Balaban J connectivity index is 1.22. The van der Waals surface area contributed by atoms with Gasteiger partial charge in [-0.25, -0.2) is 4.39 Å². The maximum absolute atomic E-state index is 16.5. The number of rotatable bonds is 6. The van der Waals surface area contributed by atoms with Crippen LogP contribution in [-0.4, -0.2) is 58.2 Å². The molecule has 8 rings (SSSR count). The third-order valence-electron chi connectivity index (χ3n) is 10.6. The quantitative estimate of drug-likeness (QED) is 0.381. The lowest BCUT2D eigenvalue weighted by Crippen LogP contribution is -2.43. The SMILES string of the molecule is C[C@H]1C[C@@H]1c1ccccc1-c1ncc2c(N3CC4CCC(C4)C3)nc(OCC34CCCN3CCC4)nc2c1F. The maximum Gasteiger partial charge on any atom is 0.319 e. The Bertz CT molecular complexity index is 1410. The zero-order chi connectivity index (χ0) is 26.1. The molecule has 3 aromatic rings. The number of aromatic nitrogens is 3. The van der Waals surface area contributed by atoms with Crippen LogP contribution in [0.25, 0.3) is 22.2 Å². The molecule has 6 nitrogen and oxygen atoms in total. The number of hydrogen-bond donors (Lipinski definition) is 0. The van der Waals surface area contributed by atoms with Crippen LogP contribution in [0.5, 0.6) is 6.01 Å². The smallest absolute Gasteiger partial charge is 0.319 e. The molecule has 1 aromatic carbocycles. The largest absolute Gasteiger partial charge is 0.461 e. The Kier molecular flexibility index (Phi) is 5.62. The second kappa shape index (κ2) is 9.12. The van der Waals surface area contributed by atoms with E-state index < -0.39 is 0 Å². The van der Waals surface area contributed by atoms with Crippen LogP contribution in [0.2, 0.25) is 0 Å². The molecule has 5 fully saturated rings. The van der Waals surface area contributed by atoms with Gasteiger partial charge in [-0.1, -0.05) is 31.2 Å². The first-order valence-corrected chi connectivity index (χ1v) is 15.2. The molecule has 0 spiro atoms. The standard InChI is InChI=1S/C32H38FN5O/c1-20-14-25(20)23-6-2-3-7-24(23)28-27(33)29-26(16-34-28)30(37-17-21-8-9-22(15-21)18-37)36-31(35-29)39-19-32-10-4-12-38(32)13-5-11-32/h2-3,6-7,16,20-22,25H,4-5,8-15,17-19H2,1H3/t20-,21?,22?,25-/m0/s1. The number of piperidine rings is 1. The van der Waals surface area contributed by atoms with Crippen molar-refractivity contribution in [3.8, 4) is 17.3 Å². The summed E-state index contributed by atoms with van der Waals surface area (Å²) < 4.78 is 22.9. The van der Waals surface area contributed by atoms with Crippen molar-refractivity contribution in [2.75, 3.05) is 37.7 Å². The van der Waals surface area contributed by atoms with Crippen molar-refractivity contribution < 1.29 is 9.13 Å². The summed E-state index contributed by atoms with van der Waals surface area (Å²) in [6, 6.07) is 8.48. The van der Waals surface area contributed by atoms with Gasteiger partial charge in [0.05, 0.1) is 10.9 Å². The molecule has 204 valence electrons. The highest BCUT2D eigenvalue weighted by Gasteiger charge is 2.45. The first-order valence-electron chi connectivity index (χ1n) is 15.2. The molecule has 2 aromatic heterocycles. The predicted octanol–water partition coefficient (Wildman–Crippen LogP) is 6.20. The number of hydrogen-bond acceptors (Lipinski definition) is 6. The molecule has 4 atom stereocenters. The van der Waals surface area contributed by atoms with Crippen LogP contribution in [0.3, 0.4) is 0 Å². The van der Waals surface area contributed by atoms with E-state index >= 15 is 4.39 Å². The minimum atomic E-state index is -0.358. The highest BCUT2D eigenvalue weighted by Crippen LogP contribution is 2.50. The van der Waals surface area contributed by atoms with E-state index in [0.717, 1.165) is 56.8 Å². The molecule has 0 radical (unpaired) electrons. The summed E-state index contributed by atoms with van der Waals surface area (Å²) in [5.41, 5.74) is 2.89. The van der Waals surface area contributed by atoms with E-state index in [9.17, 15) is 0 Å². The van der Waals surface area contributed by atoms with Gasteiger partial charge in [-0.05, 0) is 93.7 Å². The lowest BCUT2D eigenvalue weighted by atomic mass is 9.95. The van der Waals surface area contributed by atoms with E-state index in [1.54, 1.807) is 0 Å². The minimum absolute atomic E-state index is 0.0879. The summed E-state index contributed by atoms with van der Waals surface area (Å²) in [7, 11) is 0. The van der Waals surface area contributed by atoms with Crippen LogP contribution >= 0.6 is 0 Å². The Hall–Kier alpha value is -2.80. The Labute approximate surface area is 230 Å².